The van der Waals surface area contributed by atoms with Crippen LogP contribution < -0.4 is 5.32 Å². The maximum Gasteiger partial charge on any atom is 0.220 e. The molecule has 0 saturated heterocycles. The van der Waals surface area contributed by atoms with E-state index in [2.05, 4.69) is 55.6 Å². The van der Waals surface area contributed by atoms with Crippen LogP contribution in [0, 0.1) is 0 Å². The minimum atomic E-state index is -0.837. The van der Waals surface area contributed by atoms with Gasteiger partial charge in [0.25, 0.3) is 0 Å². The second-order valence-corrected chi connectivity index (χ2v) is 11.2. The smallest absolute Gasteiger partial charge is 0.220 e. The topological polar surface area (TPSA) is 69.6 Å². The Kier molecular flexibility index (Phi) is 30.6. The van der Waals surface area contributed by atoms with Crippen LogP contribution in [-0.2, 0) is 4.79 Å². The van der Waals surface area contributed by atoms with E-state index in [9.17, 15) is 15.0 Å². The van der Waals surface area contributed by atoms with E-state index in [1.165, 1.54) is 96.3 Å². The summed E-state index contributed by atoms with van der Waals surface area (Å²) in [6.07, 6.45) is 42.5. The van der Waals surface area contributed by atoms with Gasteiger partial charge in [-0.2, -0.15) is 0 Å². The zero-order valence-electron chi connectivity index (χ0n) is 26.3. The molecule has 0 saturated carbocycles. The molecule has 232 valence electrons. The number of aliphatic hydroxyl groups is 2. The number of amides is 1. The Bertz CT molecular complexity index is 652. The van der Waals surface area contributed by atoms with E-state index in [1.54, 1.807) is 6.08 Å². The maximum atomic E-state index is 12.1. The SMILES string of the molecule is CCC/C=C/C(O)C(CO)NC(=O)CCCCCCCCCCCC/C=C\C/C=C\C/C=C\CCCCCCC. The van der Waals surface area contributed by atoms with Crippen LogP contribution in [0.1, 0.15) is 155 Å². The number of aliphatic hydroxyl groups excluding tert-OH is 2. The largest absolute Gasteiger partial charge is 0.394 e. The van der Waals surface area contributed by atoms with Crippen LogP contribution in [-0.4, -0.2) is 34.9 Å². The van der Waals surface area contributed by atoms with Crippen molar-refractivity contribution in [3.8, 4) is 0 Å². The molecule has 0 bridgehead atoms. The molecule has 1 amide bonds. The van der Waals surface area contributed by atoms with E-state index in [0.29, 0.717) is 6.42 Å². The number of nitrogens with one attached hydrogen (secondary N) is 1. The lowest BCUT2D eigenvalue weighted by atomic mass is 10.0. The molecule has 4 heteroatoms. The van der Waals surface area contributed by atoms with E-state index >= 15 is 0 Å². The van der Waals surface area contributed by atoms with Crippen molar-refractivity contribution in [2.24, 2.45) is 0 Å². The predicted molar refractivity (Wildman–Crippen MR) is 175 cm³/mol. The van der Waals surface area contributed by atoms with Crippen molar-refractivity contribution in [1.82, 2.24) is 5.32 Å². The number of unbranched alkanes of at least 4 members (excludes halogenated alkanes) is 16. The minimum absolute atomic E-state index is 0.0835. The first-order valence-electron chi connectivity index (χ1n) is 16.9. The van der Waals surface area contributed by atoms with E-state index in [0.717, 1.165) is 38.5 Å². The highest BCUT2D eigenvalue weighted by Gasteiger charge is 2.17. The lowest BCUT2D eigenvalue weighted by Gasteiger charge is -2.19. The van der Waals surface area contributed by atoms with Gasteiger partial charge in [0.15, 0.2) is 0 Å². The molecule has 0 aromatic heterocycles. The van der Waals surface area contributed by atoms with E-state index < -0.39 is 12.1 Å². The summed E-state index contributed by atoms with van der Waals surface area (Å²) in [6.45, 7) is 4.08. The van der Waals surface area contributed by atoms with Crippen LogP contribution in [0.5, 0.6) is 0 Å². The zero-order valence-corrected chi connectivity index (χ0v) is 26.3. The number of carbonyl (C=O) groups excluding carboxylic acids is 1. The minimum Gasteiger partial charge on any atom is -0.394 e. The molecule has 0 rings (SSSR count). The molecule has 0 spiro atoms. The van der Waals surface area contributed by atoms with Gasteiger partial charge in [-0.15, -0.1) is 0 Å². The van der Waals surface area contributed by atoms with Crippen LogP contribution in [0.4, 0.5) is 0 Å². The Labute approximate surface area is 248 Å². The molecule has 0 aliphatic heterocycles. The van der Waals surface area contributed by atoms with Crippen molar-refractivity contribution in [2.75, 3.05) is 6.61 Å². The molecular weight excluding hydrogens is 494 g/mol. The summed E-state index contributed by atoms with van der Waals surface area (Å²) in [6, 6.07) is -0.620. The summed E-state index contributed by atoms with van der Waals surface area (Å²) in [5.74, 6) is -0.0835. The lowest BCUT2D eigenvalue weighted by Crippen LogP contribution is -2.45. The third-order valence-corrected chi connectivity index (χ3v) is 7.29. The molecule has 0 heterocycles. The molecule has 0 aromatic rings. The molecule has 2 atom stereocenters. The highest BCUT2D eigenvalue weighted by molar-refractivity contribution is 5.76. The average Bonchev–Trinajstić information content (AvgIpc) is 2.96. The van der Waals surface area contributed by atoms with Gasteiger partial charge < -0.3 is 15.5 Å². The number of hydrogen-bond acceptors (Lipinski definition) is 3. The maximum absolute atomic E-state index is 12.1. The van der Waals surface area contributed by atoms with E-state index in [1.807, 2.05) is 6.08 Å². The second kappa shape index (κ2) is 31.9. The van der Waals surface area contributed by atoms with E-state index in [4.69, 9.17) is 0 Å². The Hall–Kier alpha value is -1.65. The Morgan fingerprint density at radius 2 is 1.07 bits per heavy atom. The van der Waals surface area contributed by atoms with Crippen LogP contribution in [0.2, 0.25) is 0 Å². The average molecular weight is 560 g/mol. The number of rotatable bonds is 29. The second-order valence-electron chi connectivity index (χ2n) is 11.2. The van der Waals surface area contributed by atoms with Crippen molar-refractivity contribution >= 4 is 5.91 Å². The number of carbonyl (C=O) groups is 1. The normalized spacial score (nSPS) is 13.8. The third-order valence-electron chi connectivity index (χ3n) is 7.29. The van der Waals surface area contributed by atoms with Crippen LogP contribution in [0.15, 0.2) is 48.6 Å². The molecule has 4 nitrogen and oxygen atoms in total. The highest BCUT2D eigenvalue weighted by Crippen LogP contribution is 2.12. The van der Waals surface area contributed by atoms with Gasteiger partial charge in [-0.1, -0.05) is 146 Å². The van der Waals surface area contributed by atoms with Gasteiger partial charge in [-0.3, -0.25) is 4.79 Å². The van der Waals surface area contributed by atoms with Crippen LogP contribution in [0.3, 0.4) is 0 Å². The number of hydrogen-bond donors (Lipinski definition) is 3. The van der Waals surface area contributed by atoms with Crippen LogP contribution >= 0.6 is 0 Å². The quantitative estimate of drug-likeness (QED) is 0.0631. The van der Waals surface area contributed by atoms with Gasteiger partial charge in [0, 0.05) is 6.42 Å². The fourth-order valence-corrected chi connectivity index (χ4v) is 4.66. The predicted octanol–water partition coefficient (Wildman–Crippen LogP) is 9.67. The molecule has 2 unspecified atom stereocenters. The first-order chi connectivity index (χ1) is 19.7. The van der Waals surface area contributed by atoms with Crippen LogP contribution in [0.25, 0.3) is 0 Å². The molecule has 0 aromatic carbocycles. The Balaban J connectivity index is 3.47. The molecule has 0 fully saturated rings. The molecule has 0 radical (unpaired) electrons. The number of allylic oxidation sites excluding steroid dienone is 7. The van der Waals surface area contributed by atoms with Crippen molar-refractivity contribution in [2.45, 2.75) is 167 Å². The fourth-order valence-electron chi connectivity index (χ4n) is 4.66. The van der Waals surface area contributed by atoms with Gasteiger partial charge in [0.2, 0.25) is 5.91 Å². The molecule has 40 heavy (non-hydrogen) atoms. The van der Waals surface area contributed by atoms with Crippen molar-refractivity contribution < 1.29 is 15.0 Å². The molecular formula is C36H65NO3. The first-order valence-corrected chi connectivity index (χ1v) is 16.9. The molecule has 0 aliphatic carbocycles. The molecule has 0 aliphatic rings. The summed E-state index contributed by atoms with van der Waals surface area (Å²) >= 11 is 0. The first kappa shape index (κ1) is 38.4. The fraction of sp³-hybridized carbons (Fsp3) is 0.750. The molecule has 3 N–H and O–H groups in total. The third kappa shape index (κ3) is 27.9. The lowest BCUT2D eigenvalue weighted by molar-refractivity contribution is -0.123. The standard InChI is InChI=1S/C36H65NO3/c1-3-5-7-8-9-10-11-12-13-14-15-16-17-18-19-20-21-22-23-24-25-26-27-28-30-32-36(40)37-34(33-38)35(39)31-29-6-4-2/h11-12,14-15,17-18,29,31,34-35,38-39H,3-10,13,16,19-28,30,32-33H2,1-2H3,(H,37,40)/b12-11-,15-14-,18-17-,31-29+. The van der Waals surface area contributed by atoms with Gasteiger partial charge in [0.05, 0.1) is 18.8 Å². The van der Waals surface area contributed by atoms with Gasteiger partial charge >= 0.3 is 0 Å². The summed E-state index contributed by atoms with van der Waals surface area (Å²) in [5, 5.41) is 22.3. The van der Waals surface area contributed by atoms with Gasteiger partial charge in [-0.05, 0) is 51.4 Å². The summed E-state index contributed by atoms with van der Waals surface area (Å²) in [4.78, 5) is 12.1. The van der Waals surface area contributed by atoms with Gasteiger partial charge in [-0.25, -0.2) is 0 Å². The zero-order chi connectivity index (χ0) is 29.4. The Morgan fingerprint density at radius 1 is 0.600 bits per heavy atom. The van der Waals surface area contributed by atoms with Crippen molar-refractivity contribution in [3.05, 3.63) is 48.6 Å². The van der Waals surface area contributed by atoms with Crippen molar-refractivity contribution in [3.63, 3.8) is 0 Å². The van der Waals surface area contributed by atoms with Gasteiger partial charge in [0.1, 0.15) is 0 Å². The summed E-state index contributed by atoms with van der Waals surface area (Å²) in [7, 11) is 0. The Morgan fingerprint density at radius 3 is 1.57 bits per heavy atom. The summed E-state index contributed by atoms with van der Waals surface area (Å²) < 4.78 is 0. The van der Waals surface area contributed by atoms with E-state index in [-0.39, 0.29) is 12.5 Å². The highest BCUT2D eigenvalue weighted by atomic mass is 16.3. The van der Waals surface area contributed by atoms with Crippen molar-refractivity contribution in [1.29, 1.82) is 0 Å². The monoisotopic (exact) mass is 559 g/mol. The summed E-state index contributed by atoms with van der Waals surface area (Å²) in [5.41, 5.74) is 0.